The lowest BCUT2D eigenvalue weighted by molar-refractivity contribution is 0.0508. The van der Waals surface area contributed by atoms with Gasteiger partial charge in [-0.25, -0.2) is 0 Å². The van der Waals surface area contributed by atoms with Crippen LogP contribution in [0.4, 0.5) is 0 Å². The molecule has 2 heteroatoms. The molecule has 0 saturated heterocycles. The van der Waals surface area contributed by atoms with Gasteiger partial charge in [-0.15, -0.1) is 0 Å². The normalized spacial score (nSPS) is 18.9. The number of hydrogen-bond donors (Lipinski definition) is 0. The fourth-order valence-electron chi connectivity index (χ4n) is 3.52. The molecule has 0 radical (unpaired) electrons. The van der Waals surface area contributed by atoms with Gasteiger partial charge in [0, 0.05) is 6.61 Å². The molecule has 1 fully saturated rings. The summed E-state index contributed by atoms with van der Waals surface area (Å²) in [5, 5.41) is 0. The van der Waals surface area contributed by atoms with Gasteiger partial charge in [-0.05, 0) is 60.1 Å². The zero-order valence-electron chi connectivity index (χ0n) is 14.9. The first-order chi connectivity index (χ1) is 12.9. The van der Waals surface area contributed by atoms with Gasteiger partial charge in [-0.1, -0.05) is 60.7 Å². The molecule has 3 aromatic carbocycles. The number of hydrogen-bond acceptors (Lipinski definition) is 2. The molecule has 1 saturated carbocycles. The predicted octanol–water partition coefficient (Wildman–Crippen LogP) is 6.19. The molecule has 2 nitrogen and oxygen atoms in total. The van der Waals surface area contributed by atoms with E-state index in [1.54, 1.807) is 0 Å². The summed E-state index contributed by atoms with van der Waals surface area (Å²) in [6.07, 6.45) is 2.40. The van der Waals surface area contributed by atoms with Crippen LogP contribution in [0.2, 0.25) is 0 Å². The molecule has 0 bridgehead atoms. The minimum absolute atomic E-state index is 0.625. The van der Waals surface area contributed by atoms with Gasteiger partial charge in [0.15, 0.2) is 0 Å². The highest BCUT2D eigenvalue weighted by molar-refractivity contribution is 5.36. The van der Waals surface area contributed by atoms with E-state index in [9.17, 15) is 0 Å². The highest BCUT2D eigenvalue weighted by Crippen LogP contribution is 2.42. The number of para-hydroxylation sites is 1. The standard InChI is InChI=1S/C24H24O2/c1-3-8-19(9-4-1)17-25-18-20-14-22(15-20)21-10-7-13-24(16-21)26-23-11-5-2-6-12-23/h1-13,16,20,22H,14-15,17-18H2. The quantitative estimate of drug-likeness (QED) is 0.509. The van der Waals surface area contributed by atoms with Gasteiger partial charge in [0.05, 0.1) is 6.61 Å². The van der Waals surface area contributed by atoms with Crippen LogP contribution in [0.3, 0.4) is 0 Å². The van der Waals surface area contributed by atoms with Crippen LogP contribution in [0.5, 0.6) is 11.5 Å². The lowest BCUT2D eigenvalue weighted by atomic mass is 9.72. The van der Waals surface area contributed by atoms with E-state index in [2.05, 4.69) is 42.5 Å². The SMILES string of the molecule is c1ccc(COCC2CC(c3cccc(Oc4ccccc4)c3)C2)cc1. The first-order valence-corrected chi connectivity index (χ1v) is 9.31. The van der Waals surface area contributed by atoms with E-state index < -0.39 is 0 Å². The Balaban J connectivity index is 1.25. The van der Waals surface area contributed by atoms with Gasteiger partial charge >= 0.3 is 0 Å². The highest BCUT2D eigenvalue weighted by Gasteiger charge is 2.30. The van der Waals surface area contributed by atoms with Crippen molar-refractivity contribution in [3.8, 4) is 11.5 Å². The first-order valence-electron chi connectivity index (χ1n) is 9.31. The molecule has 0 amide bonds. The minimum Gasteiger partial charge on any atom is -0.457 e. The Kier molecular flexibility index (Phi) is 5.32. The van der Waals surface area contributed by atoms with Crippen molar-refractivity contribution in [3.05, 3.63) is 96.1 Å². The third-order valence-electron chi connectivity index (χ3n) is 5.01. The van der Waals surface area contributed by atoms with Crippen LogP contribution < -0.4 is 4.74 Å². The van der Waals surface area contributed by atoms with Gasteiger partial charge in [0.25, 0.3) is 0 Å². The zero-order valence-corrected chi connectivity index (χ0v) is 14.9. The van der Waals surface area contributed by atoms with Crippen molar-refractivity contribution in [2.45, 2.75) is 25.4 Å². The van der Waals surface area contributed by atoms with Crippen LogP contribution in [0.15, 0.2) is 84.9 Å². The summed E-state index contributed by atoms with van der Waals surface area (Å²) in [7, 11) is 0. The second-order valence-electron chi connectivity index (χ2n) is 7.02. The molecule has 0 unspecified atom stereocenters. The smallest absolute Gasteiger partial charge is 0.127 e. The molecular formula is C24H24O2. The Bertz CT molecular complexity index is 808. The van der Waals surface area contributed by atoms with Crippen molar-refractivity contribution in [3.63, 3.8) is 0 Å². The van der Waals surface area contributed by atoms with Crippen LogP contribution in [-0.2, 0) is 11.3 Å². The summed E-state index contributed by atoms with van der Waals surface area (Å²) in [6.45, 7) is 1.56. The molecule has 0 spiro atoms. The van der Waals surface area contributed by atoms with Crippen molar-refractivity contribution in [2.24, 2.45) is 5.92 Å². The lowest BCUT2D eigenvalue weighted by Gasteiger charge is -2.35. The zero-order chi connectivity index (χ0) is 17.6. The average molecular weight is 344 g/mol. The first kappa shape index (κ1) is 16.9. The molecule has 132 valence electrons. The Hall–Kier alpha value is -2.58. The maximum absolute atomic E-state index is 5.95. The molecule has 1 aliphatic carbocycles. The molecule has 1 aliphatic rings. The van der Waals surface area contributed by atoms with Crippen LogP contribution in [-0.4, -0.2) is 6.61 Å². The summed E-state index contributed by atoms with van der Waals surface area (Å²) in [5.74, 6) is 3.09. The Morgan fingerprint density at radius 1 is 0.731 bits per heavy atom. The van der Waals surface area contributed by atoms with E-state index >= 15 is 0 Å². The number of ether oxygens (including phenoxy) is 2. The van der Waals surface area contributed by atoms with Gasteiger partial charge in [-0.3, -0.25) is 0 Å². The molecule has 3 aromatic rings. The summed E-state index contributed by atoms with van der Waals surface area (Å²) in [4.78, 5) is 0. The van der Waals surface area contributed by atoms with Gasteiger partial charge in [-0.2, -0.15) is 0 Å². The number of rotatable bonds is 7. The van der Waals surface area contributed by atoms with Crippen molar-refractivity contribution >= 4 is 0 Å². The van der Waals surface area contributed by atoms with Gasteiger partial charge in [0.2, 0.25) is 0 Å². The van der Waals surface area contributed by atoms with Crippen molar-refractivity contribution in [1.29, 1.82) is 0 Å². The lowest BCUT2D eigenvalue weighted by Crippen LogP contribution is -2.26. The maximum atomic E-state index is 5.95. The fraction of sp³-hybridized carbons (Fsp3) is 0.250. The van der Waals surface area contributed by atoms with Gasteiger partial charge in [0.1, 0.15) is 11.5 Å². The van der Waals surface area contributed by atoms with E-state index in [0.717, 1.165) is 18.1 Å². The van der Waals surface area contributed by atoms with Crippen LogP contribution >= 0.6 is 0 Å². The molecule has 26 heavy (non-hydrogen) atoms. The fourth-order valence-corrected chi connectivity index (χ4v) is 3.52. The third kappa shape index (κ3) is 4.33. The Morgan fingerprint density at radius 3 is 2.19 bits per heavy atom. The van der Waals surface area contributed by atoms with E-state index in [0.29, 0.717) is 18.4 Å². The summed E-state index contributed by atoms with van der Waals surface area (Å²) < 4.78 is 11.8. The molecule has 4 rings (SSSR count). The molecule has 0 N–H and O–H groups in total. The summed E-state index contributed by atoms with van der Waals surface area (Å²) in [6, 6.07) is 28.8. The molecule has 0 atom stereocenters. The Labute approximate surface area is 155 Å². The summed E-state index contributed by atoms with van der Waals surface area (Å²) in [5.41, 5.74) is 2.62. The summed E-state index contributed by atoms with van der Waals surface area (Å²) >= 11 is 0. The van der Waals surface area contributed by atoms with Crippen molar-refractivity contribution in [2.75, 3.05) is 6.61 Å². The monoisotopic (exact) mass is 344 g/mol. The highest BCUT2D eigenvalue weighted by atomic mass is 16.5. The largest absolute Gasteiger partial charge is 0.457 e. The van der Waals surface area contributed by atoms with Crippen LogP contribution in [0.1, 0.15) is 29.9 Å². The molecule has 0 aliphatic heterocycles. The topological polar surface area (TPSA) is 18.5 Å². The van der Waals surface area contributed by atoms with Crippen molar-refractivity contribution in [1.82, 2.24) is 0 Å². The van der Waals surface area contributed by atoms with E-state index in [1.807, 2.05) is 42.5 Å². The second-order valence-corrected chi connectivity index (χ2v) is 7.02. The van der Waals surface area contributed by atoms with Crippen LogP contribution in [0, 0.1) is 5.92 Å². The van der Waals surface area contributed by atoms with Crippen molar-refractivity contribution < 1.29 is 9.47 Å². The van der Waals surface area contributed by atoms with Gasteiger partial charge < -0.3 is 9.47 Å². The Morgan fingerprint density at radius 2 is 1.42 bits per heavy atom. The molecule has 0 heterocycles. The average Bonchev–Trinajstić information content (AvgIpc) is 2.65. The van der Waals surface area contributed by atoms with E-state index in [1.165, 1.54) is 24.0 Å². The number of benzene rings is 3. The minimum atomic E-state index is 0.625. The van der Waals surface area contributed by atoms with E-state index in [-0.39, 0.29) is 0 Å². The predicted molar refractivity (Wildman–Crippen MR) is 105 cm³/mol. The van der Waals surface area contributed by atoms with E-state index in [4.69, 9.17) is 9.47 Å². The molecule has 0 aromatic heterocycles. The third-order valence-corrected chi connectivity index (χ3v) is 5.01. The second kappa shape index (κ2) is 8.20. The molecular weight excluding hydrogens is 320 g/mol. The maximum Gasteiger partial charge on any atom is 0.127 e. The van der Waals surface area contributed by atoms with Crippen LogP contribution in [0.25, 0.3) is 0 Å².